The van der Waals surface area contributed by atoms with Crippen LogP contribution < -0.4 is 10.6 Å². The molecular formula is C30H41N3O4S. The molecule has 0 aliphatic carbocycles. The number of aryl methyl sites for hydroxylation is 3. The monoisotopic (exact) mass is 539 g/mol. The number of carbonyl (C=O) groups excluding carboxylic acids is 3. The number of carbonyl (C=O) groups is 3. The third kappa shape index (κ3) is 8.94. The molecule has 0 spiro atoms. The van der Waals surface area contributed by atoms with Crippen LogP contribution in [0.4, 0.5) is 10.5 Å². The minimum Gasteiger partial charge on any atom is -0.444 e. The van der Waals surface area contributed by atoms with Gasteiger partial charge < -0.3 is 20.3 Å². The van der Waals surface area contributed by atoms with Crippen molar-refractivity contribution in [2.45, 2.75) is 65.6 Å². The topological polar surface area (TPSA) is 87.7 Å². The lowest BCUT2D eigenvalue weighted by atomic mass is 9.95. The first-order valence-electron chi connectivity index (χ1n) is 12.7. The largest absolute Gasteiger partial charge is 0.444 e. The molecule has 2 aromatic rings. The van der Waals surface area contributed by atoms with E-state index < -0.39 is 23.8 Å². The Morgan fingerprint density at radius 3 is 2.37 bits per heavy atom. The summed E-state index contributed by atoms with van der Waals surface area (Å²) in [7, 11) is 0. The lowest BCUT2D eigenvalue weighted by molar-refractivity contribution is -0.140. The fraction of sp³-hybridized carbons (Fsp3) is 0.433. The predicted octanol–water partition coefficient (Wildman–Crippen LogP) is 5.95. The molecule has 0 saturated heterocycles. The predicted molar refractivity (Wildman–Crippen MR) is 157 cm³/mol. The van der Waals surface area contributed by atoms with Crippen molar-refractivity contribution >= 4 is 35.4 Å². The standard InChI is InChI=1S/C30H41N3O4S/c1-9-17-33(28(35)25(16-18-38-8)32-29(36)37-30(5,6)7)26(23-19-20(2)14-15-21(23)3)27(34)31-24-13-11-10-12-22(24)4/h9-15,19,25-26H,1,16-18H2,2-8H3,(H,31,34)(H,32,36). The summed E-state index contributed by atoms with van der Waals surface area (Å²) in [6.07, 6.45) is 3.23. The van der Waals surface area contributed by atoms with Crippen molar-refractivity contribution in [1.82, 2.24) is 10.2 Å². The summed E-state index contributed by atoms with van der Waals surface area (Å²) in [4.78, 5) is 42.2. The summed E-state index contributed by atoms with van der Waals surface area (Å²) in [5, 5.41) is 5.77. The van der Waals surface area contributed by atoms with Gasteiger partial charge in [0.15, 0.2) is 0 Å². The second-order valence-corrected chi connectivity index (χ2v) is 11.3. The Morgan fingerprint density at radius 2 is 1.76 bits per heavy atom. The van der Waals surface area contributed by atoms with Gasteiger partial charge in [0.2, 0.25) is 5.91 Å². The minimum absolute atomic E-state index is 0.115. The van der Waals surface area contributed by atoms with Gasteiger partial charge in [-0.25, -0.2) is 4.79 Å². The molecule has 0 heterocycles. The first kappa shape index (κ1) is 31.0. The van der Waals surface area contributed by atoms with Gasteiger partial charge in [-0.2, -0.15) is 11.8 Å². The number of alkyl carbamates (subject to hydrolysis) is 1. The van der Waals surface area contributed by atoms with Crippen LogP contribution >= 0.6 is 11.8 Å². The number of rotatable bonds is 11. The first-order chi connectivity index (χ1) is 17.9. The molecule has 2 aromatic carbocycles. The maximum Gasteiger partial charge on any atom is 0.408 e. The number of benzene rings is 2. The molecule has 206 valence electrons. The lowest BCUT2D eigenvalue weighted by Crippen LogP contribution is -2.52. The van der Waals surface area contributed by atoms with Crippen LogP contribution in [-0.2, 0) is 14.3 Å². The summed E-state index contributed by atoms with van der Waals surface area (Å²) in [5.74, 6) is -0.0859. The molecule has 7 nitrogen and oxygen atoms in total. The van der Waals surface area contributed by atoms with Gasteiger partial charge in [0.1, 0.15) is 17.7 Å². The second-order valence-electron chi connectivity index (χ2n) is 10.3. The van der Waals surface area contributed by atoms with Crippen LogP contribution in [0.25, 0.3) is 0 Å². The summed E-state index contributed by atoms with van der Waals surface area (Å²) in [6.45, 7) is 15.0. The molecular weight excluding hydrogens is 498 g/mol. The average molecular weight is 540 g/mol. The normalized spacial score (nSPS) is 12.7. The van der Waals surface area contributed by atoms with Crippen molar-refractivity contribution in [3.8, 4) is 0 Å². The highest BCUT2D eigenvalue weighted by Crippen LogP contribution is 2.29. The van der Waals surface area contributed by atoms with E-state index in [0.29, 0.717) is 23.4 Å². The molecule has 2 unspecified atom stereocenters. The van der Waals surface area contributed by atoms with E-state index in [0.717, 1.165) is 16.7 Å². The SMILES string of the molecule is C=CCN(C(=O)C(CCSC)NC(=O)OC(C)(C)C)C(C(=O)Nc1ccccc1C)c1cc(C)ccc1C. The molecule has 8 heteroatoms. The number of thioether (sulfide) groups is 1. The molecule has 0 saturated carbocycles. The molecule has 0 aliphatic rings. The zero-order valence-electron chi connectivity index (χ0n) is 23.6. The number of para-hydroxylation sites is 1. The van der Waals surface area contributed by atoms with Crippen LogP contribution in [0.5, 0.6) is 0 Å². The summed E-state index contributed by atoms with van der Waals surface area (Å²) >= 11 is 1.57. The molecule has 3 amide bonds. The summed E-state index contributed by atoms with van der Waals surface area (Å²) in [5.41, 5.74) is 3.43. The van der Waals surface area contributed by atoms with Gasteiger partial charge in [0.25, 0.3) is 5.91 Å². The smallest absolute Gasteiger partial charge is 0.408 e. The first-order valence-corrected chi connectivity index (χ1v) is 14.1. The zero-order valence-corrected chi connectivity index (χ0v) is 24.4. The number of hydrogen-bond acceptors (Lipinski definition) is 5. The van der Waals surface area contributed by atoms with E-state index in [1.165, 1.54) is 4.90 Å². The Kier molecular flexibility index (Phi) is 11.4. The van der Waals surface area contributed by atoms with Gasteiger partial charge in [-0.15, -0.1) is 6.58 Å². The van der Waals surface area contributed by atoms with Crippen LogP contribution in [0, 0.1) is 20.8 Å². The Balaban J connectivity index is 2.55. The molecule has 2 atom stereocenters. The van der Waals surface area contributed by atoms with E-state index in [9.17, 15) is 14.4 Å². The average Bonchev–Trinajstić information content (AvgIpc) is 2.83. The number of hydrogen-bond donors (Lipinski definition) is 2. The molecule has 0 fully saturated rings. The van der Waals surface area contributed by atoms with Crippen molar-refractivity contribution in [3.63, 3.8) is 0 Å². The Morgan fingerprint density at radius 1 is 1.08 bits per heavy atom. The molecule has 0 aliphatic heterocycles. The Bertz CT molecular complexity index is 1140. The molecule has 38 heavy (non-hydrogen) atoms. The van der Waals surface area contributed by atoms with Crippen molar-refractivity contribution < 1.29 is 19.1 Å². The maximum atomic E-state index is 14.1. The lowest BCUT2D eigenvalue weighted by Gasteiger charge is -2.34. The number of nitrogens with zero attached hydrogens (tertiary/aromatic N) is 1. The fourth-order valence-corrected chi connectivity index (χ4v) is 4.50. The molecule has 0 bridgehead atoms. The van der Waals surface area contributed by atoms with E-state index in [1.807, 2.05) is 69.5 Å². The quantitative estimate of drug-likeness (QED) is 0.345. The van der Waals surface area contributed by atoms with E-state index in [2.05, 4.69) is 17.2 Å². The maximum absolute atomic E-state index is 14.1. The minimum atomic E-state index is -0.947. The van der Waals surface area contributed by atoms with Crippen LogP contribution in [0.3, 0.4) is 0 Å². The van der Waals surface area contributed by atoms with Gasteiger partial charge in [0, 0.05) is 12.2 Å². The summed E-state index contributed by atoms with van der Waals surface area (Å²) < 4.78 is 5.43. The third-order valence-electron chi connectivity index (χ3n) is 5.90. The van der Waals surface area contributed by atoms with E-state index in [4.69, 9.17) is 4.74 Å². The van der Waals surface area contributed by atoms with Gasteiger partial charge >= 0.3 is 6.09 Å². The Hall–Kier alpha value is -3.26. The Labute approximate surface area is 231 Å². The number of anilines is 1. The van der Waals surface area contributed by atoms with Crippen molar-refractivity contribution in [2.24, 2.45) is 0 Å². The highest BCUT2D eigenvalue weighted by molar-refractivity contribution is 7.98. The van der Waals surface area contributed by atoms with Crippen LogP contribution in [0.15, 0.2) is 55.1 Å². The highest BCUT2D eigenvalue weighted by atomic mass is 32.2. The number of amides is 3. The van der Waals surface area contributed by atoms with Gasteiger partial charge in [-0.1, -0.05) is 48.0 Å². The van der Waals surface area contributed by atoms with Gasteiger partial charge in [-0.3, -0.25) is 9.59 Å². The fourth-order valence-electron chi connectivity index (χ4n) is 4.02. The molecule has 2 N–H and O–H groups in total. The van der Waals surface area contributed by atoms with Gasteiger partial charge in [-0.05, 0) is 82.7 Å². The number of ether oxygens (including phenoxy) is 1. The van der Waals surface area contributed by atoms with Crippen LogP contribution in [-0.4, -0.2) is 53.0 Å². The number of nitrogens with one attached hydrogen (secondary N) is 2. The second kappa shape index (κ2) is 14.0. The van der Waals surface area contributed by atoms with E-state index >= 15 is 0 Å². The third-order valence-corrected chi connectivity index (χ3v) is 6.54. The van der Waals surface area contributed by atoms with Crippen molar-refractivity contribution in [2.75, 3.05) is 23.9 Å². The van der Waals surface area contributed by atoms with E-state index in [-0.39, 0.29) is 18.4 Å². The van der Waals surface area contributed by atoms with Gasteiger partial charge in [0.05, 0.1) is 0 Å². The highest BCUT2D eigenvalue weighted by Gasteiger charge is 2.36. The molecule has 0 aromatic heterocycles. The molecule has 0 radical (unpaired) electrons. The zero-order chi connectivity index (χ0) is 28.5. The summed E-state index contributed by atoms with van der Waals surface area (Å²) in [6, 6.07) is 11.5. The van der Waals surface area contributed by atoms with Crippen LogP contribution in [0.1, 0.15) is 55.5 Å². The van der Waals surface area contributed by atoms with E-state index in [1.54, 1.807) is 38.6 Å². The van der Waals surface area contributed by atoms with Crippen LogP contribution in [0.2, 0.25) is 0 Å². The van der Waals surface area contributed by atoms with Crippen molar-refractivity contribution in [3.05, 3.63) is 77.4 Å². The van der Waals surface area contributed by atoms with Crippen molar-refractivity contribution in [1.29, 1.82) is 0 Å². The molecule has 2 rings (SSSR count).